The molecule has 1 aliphatic carbocycles. The Morgan fingerprint density at radius 3 is 2.91 bits per heavy atom. The van der Waals surface area contributed by atoms with E-state index < -0.39 is 5.54 Å². The molecule has 0 bridgehead atoms. The van der Waals surface area contributed by atoms with Crippen molar-refractivity contribution in [3.8, 4) is 0 Å². The topological polar surface area (TPSA) is 85.8 Å². The molecule has 0 spiro atoms. The van der Waals surface area contributed by atoms with E-state index in [9.17, 15) is 4.79 Å². The third-order valence-electron chi connectivity index (χ3n) is 4.56. The highest BCUT2D eigenvalue weighted by molar-refractivity contribution is 5.92. The van der Waals surface area contributed by atoms with Gasteiger partial charge in [-0.05, 0) is 37.5 Å². The zero-order valence-electron chi connectivity index (χ0n) is 13.4. The Balaban J connectivity index is 1.63. The number of hydrogen-bond acceptors (Lipinski definition) is 4. The molecule has 2 aromatic rings. The number of nitrogens with zero attached hydrogens (tertiary/aromatic N) is 3. The summed E-state index contributed by atoms with van der Waals surface area (Å²) in [6.07, 6.45) is 9.26. The standard InChI is InChI=1S/C17H23N5O/c1-17(18)8-3-2-4-14(17)16(23)20-15-7-11-22(21-15)12-13-5-9-19-10-6-13/h5-7,9-11,14H,2-4,8,12,18H2,1H3,(H,20,21,23). The van der Waals surface area contributed by atoms with Crippen molar-refractivity contribution in [1.29, 1.82) is 0 Å². The maximum absolute atomic E-state index is 12.5. The first-order valence-corrected chi connectivity index (χ1v) is 8.07. The number of anilines is 1. The summed E-state index contributed by atoms with van der Waals surface area (Å²) < 4.78 is 1.80. The molecule has 6 heteroatoms. The lowest BCUT2D eigenvalue weighted by Gasteiger charge is -2.37. The molecule has 3 N–H and O–H groups in total. The molecule has 23 heavy (non-hydrogen) atoms. The summed E-state index contributed by atoms with van der Waals surface area (Å²) >= 11 is 0. The van der Waals surface area contributed by atoms with Crippen LogP contribution in [0.1, 0.15) is 38.2 Å². The van der Waals surface area contributed by atoms with Crippen molar-refractivity contribution in [3.63, 3.8) is 0 Å². The van der Waals surface area contributed by atoms with Crippen molar-refractivity contribution in [1.82, 2.24) is 14.8 Å². The van der Waals surface area contributed by atoms with E-state index >= 15 is 0 Å². The monoisotopic (exact) mass is 313 g/mol. The number of nitrogens with one attached hydrogen (secondary N) is 1. The van der Waals surface area contributed by atoms with Crippen molar-refractivity contribution in [2.75, 3.05) is 5.32 Å². The van der Waals surface area contributed by atoms with E-state index in [0.717, 1.165) is 31.2 Å². The second-order valence-corrected chi connectivity index (χ2v) is 6.55. The number of carbonyl (C=O) groups excluding carboxylic acids is 1. The first kappa shape index (κ1) is 15.7. The van der Waals surface area contributed by atoms with E-state index in [-0.39, 0.29) is 11.8 Å². The molecular weight excluding hydrogens is 290 g/mol. The van der Waals surface area contributed by atoms with Gasteiger partial charge in [0, 0.05) is 30.2 Å². The van der Waals surface area contributed by atoms with Crippen LogP contribution in [0, 0.1) is 5.92 Å². The number of amides is 1. The summed E-state index contributed by atoms with van der Waals surface area (Å²) in [6, 6.07) is 5.71. The van der Waals surface area contributed by atoms with Crippen molar-refractivity contribution >= 4 is 11.7 Å². The summed E-state index contributed by atoms with van der Waals surface area (Å²) in [4.78, 5) is 16.5. The number of hydrogen-bond donors (Lipinski definition) is 2. The molecule has 3 rings (SSSR count). The molecule has 6 nitrogen and oxygen atoms in total. The molecule has 0 radical (unpaired) electrons. The summed E-state index contributed by atoms with van der Waals surface area (Å²) in [5.74, 6) is 0.399. The highest BCUT2D eigenvalue weighted by Gasteiger charge is 2.37. The molecule has 2 unspecified atom stereocenters. The van der Waals surface area contributed by atoms with E-state index in [1.165, 1.54) is 0 Å². The van der Waals surface area contributed by atoms with Crippen LogP contribution in [-0.4, -0.2) is 26.2 Å². The van der Waals surface area contributed by atoms with E-state index in [1.54, 1.807) is 17.1 Å². The Kier molecular flexibility index (Phi) is 4.43. The molecule has 0 aliphatic heterocycles. The van der Waals surface area contributed by atoms with Crippen LogP contribution >= 0.6 is 0 Å². The van der Waals surface area contributed by atoms with Crippen LogP contribution in [0.25, 0.3) is 0 Å². The second-order valence-electron chi connectivity index (χ2n) is 6.55. The fourth-order valence-electron chi connectivity index (χ4n) is 3.19. The van der Waals surface area contributed by atoms with E-state index in [0.29, 0.717) is 12.4 Å². The average Bonchev–Trinajstić information content (AvgIpc) is 2.94. The smallest absolute Gasteiger partial charge is 0.230 e. The van der Waals surface area contributed by atoms with Crippen LogP contribution in [-0.2, 0) is 11.3 Å². The molecule has 0 saturated heterocycles. The predicted octanol–water partition coefficient (Wildman–Crippen LogP) is 2.17. The van der Waals surface area contributed by atoms with Gasteiger partial charge in [-0.15, -0.1) is 0 Å². The lowest BCUT2D eigenvalue weighted by Crippen LogP contribution is -2.51. The Labute approximate surface area is 136 Å². The molecule has 122 valence electrons. The quantitative estimate of drug-likeness (QED) is 0.906. The third-order valence-corrected chi connectivity index (χ3v) is 4.56. The fraction of sp³-hybridized carbons (Fsp3) is 0.471. The number of rotatable bonds is 4. The van der Waals surface area contributed by atoms with Crippen LogP contribution in [0.5, 0.6) is 0 Å². The predicted molar refractivity (Wildman–Crippen MR) is 88.7 cm³/mol. The summed E-state index contributed by atoms with van der Waals surface area (Å²) in [7, 11) is 0. The zero-order chi connectivity index (χ0) is 16.3. The van der Waals surface area contributed by atoms with Crippen LogP contribution in [0.2, 0.25) is 0 Å². The lowest BCUT2D eigenvalue weighted by atomic mass is 9.74. The van der Waals surface area contributed by atoms with E-state index in [1.807, 2.05) is 31.3 Å². The molecule has 1 saturated carbocycles. The molecular formula is C17H23N5O. The zero-order valence-corrected chi connectivity index (χ0v) is 13.4. The van der Waals surface area contributed by atoms with Gasteiger partial charge in [0.15, 0.2) is 5.82 Å². The highest BCUT2D eigenvalue weighted by atomic mass is 16.2. The van der Waals surface area contributed by atoms with Crippen LogP contribution in [0.3, 0.4) is 0 Å². The van der Waals surface area contributed by atoms with Crippen molar-refractivity contribution in [3.05, 3.63) is 42.4 Å². The fourth-order valence-corrected chi connectivity index (χ4v) is 3.19. The Morgan fingerprint density at radius 1 is 1.39 bits per heavy atom. The molecule has 2 aromatic heterocycles. The minimum atomic E-state index is -0.429. The van der Waals surface area contributed by atoms with Gasteiger partial charge >= 0.3 is 0 Å². The van der Waals surface area contributed by atoms with Gasteiger partial charge in [0.05, 0.1) is 12.5 Å². The van der Waals surface area contributed by atoms with Crippen molar-refractivity contribution in [2.24, 2.45) is 11.7 Å². The van der Waals surface area contributed by atoms with Gasteiger partial charge in [-0.25, -0.2) is 0 Å². The minimum Gasteiger partial charge on any atom is -0.325 e. The minimum absolute atomic E-state index is 0.0242. The normalized spacial score (nSPS) is 24.3. The van der Waals surface area contributed by atoms with Gasteiger partial charge in [-0.1, -0.05) is 12.8 Å². The van der Waals surface area contributed by atoms with Gasteiger partial charge in [-0.3, -0.25) is 14.5 Å². The molecule has 2 heterocycles. The molecule has 1 aliphatic rings. The van der Waals surface area contributed by atoms with Gasteiger partial charge in [0.1, 0.15) is 0 Å². The molecule has 1 amide bonds. The molecule has 2 atom stereocenters. The SMILES string of the molecule is CC1(N)CCCCC1C(=O)Nc1ccn(Cc2ccncc2)n1. The first-order valence-electron chi connectivity index (χ1n) is 8.07. The lowest BCUT2D eigenvalue weighted by molar-refractivity contribution is -0.122. The first-order chi connectivity index (χ1) is 11.0. The van der Waals surface area contributed by atoms with Gasteiger partial charge < -0.3 is 11.1 Å². The van der Waals surface area contributed by atoms with Gasteiger partial charge in [0.2, 0.25) is 5.91 Å². The number of carbonyl (C=O) groups is 1. The largest absolute Gasteiger partial charge is 0.325 e. The van der Waals surface area contributed by atoms with Crippen LogP contribution in [0.4, 0.5) is 5.82 Å². The maximum atomic E-state index is 12.5. The average molecular weight is 313 g/mol. The highest BCUT2D eigenvalue weighted by Crippen LogP contribution is 2.32. The summed E-state index contributed by atoms with van der Waals surface area (Å²) in [5.41, 5.74) is 6.98. The number of aromatic nitrogens is 3. The molecule has 0 aromatic carbocycles. The number of nitrogens with two attached hydrogens (primary N) is 1. The molecule has 1 fully saturated rings. The van der Waals surface area contributed by atoms with Crippen LogP contribution < -0.4 is 11.1 Å². The van der Waals surface area contributed by atoms with Crippen molar-refractivity contribution in [2.45, 2.75) is 44.7 Å². The Hall–Kier alpha value is -2.21. The number of pyridine rings is 1. The van der Waals surface area contributed by atoms with E-state index in [2.05, 4.69) is 15.4 Å². The summed E-state index contributed by atoms with van der Waals surface area (Å²) in [6.45, 7) is 2.62. The Bertz CT molecular complexity index is 665. The summed E-state index contributed by atoms with van der Waals surface area (Å²) in [5, 5.41) is 7.32. The van der Waals surface area contributed by atoms with E-state index in [4.69, 9.17) is 5.73 Å². The maximum Gasteiger partial charge on any atom is 0.230 e. The van der Waals surface area contributed by atoms with Gasteiger partial charge in [-0.2, -0.15) is 5.10 Å². The Morgan fingerprint density at radius 2 is 2.17 bits per heavy atom. The second kappa shape index (κ2) is 6.50. The van der Waals surface area contributed by atoms with Crippen molar-refractivity contribution < 1.29 is 4.79 Å². The van der Waals surface area contributed by atoms with Crippen LogP contribution in [0.15, 0.2) is 36.8 Å². The third kappa shape index (κ3) is 3.76. The van der Waals surface area contributed by atoms with Gasteiger partial charge in [0.25, 0.3) is 0 Å².